The third-order valence-electron chi connectivity index (χ3n) is 0.364. The summed E-state index contributed by atoms with van der Waals surface area (Å²) in [4.78, 5) is 3.61. The second-order valence-electron chi connectivity index (χ2n) is 0.813. The zero-order valence-corrected chi connectivity index (χ0v) is 4.20. The molecule has 0 saturated carbocycles. The van der Waals surface area contributed by atoms with Crippen molar-refractivity contribution in [3.05, 3.63) is 0 Å². The second kappa shape index (κ2) is 5.01. The van der Waals surface area contributed by atoms with E-state index in [1.807, 2.05) is 0 Å². The molecule has 0 spiro atoms. The summed E-state index contributed by atoms with van der Waals surface area (Å²) in [6.45, 7) is 3.12. The van der Waals surface area contributed by atoms with Gasteiger partial charge in [-0.2, -0.15) is 10.2 Å². The molecule has 0 aliphatic rings. The molecule has 38 valence electrons. The summed E-state index contributed by atoms with van der Waals surface area (Å²) in [5.41, 5.74) is 0. The Kier molecular flexibility index (Phi) is 4.30. The van der Waals surface area contributed by atoms with E-state index >= 15 is 0 Å². The molecule has 0 heterocycles. The minimum absolute atomic E-state index is 1.47. The van der Waals surface area contributed by atoms with Crippen molar-refractivity contribution in [3.63, 3.8) is 0 Å². The van der Waals surface area contributed by atoms with Crippen LogP contribution in [0.2, 0.25) is 0 Å². The monoisotopic (exact) mass is 97.1 g/mol. The van der Waals surface area contributed by atoms with Gasteiger partial charge in [-0.3, -0.25) is 4.99 Å². The zero-order chi connectivity index (χ0) is 5.54. The highest BCUT2D eigenvalue weighted by Gasteiger charge is 1.53. The fourth-order valence-electron chi connectivity index (χ4n) is 0.144. The lowest BCUT2D eigenvalue weighted by Gasteiger charge is -1.65. The average Bonchev–Trinajstić information content (AvgIpc) is 1.69. The predicted molar refractivity (Wildman–Crippen MR) is 32.5 cm³/mol. The van der Waals surface area contributed by atoms with Crippen molar-refractivity contribution in [2.45, 2.75) is 0 Å². The molecule has 0 saturated heterocycles. The summed E-state index contributed by atoms with van der Waals surface area (Å²) in [5, 5.41) is 6.60. The van der Waals surface area contributed by atoms with Gasteiger partial charge in [-0.15, -0.1) is 0 Å². The second-order valence-corrected chi connectivity index (χ2v) is 0.813. The summed E-state index contributed by atoms with van der Waals surface area (Å²) in [7, 11) is 1.66. The zero-order valence-electron chi connectivity index (χ0n) is 4.20. The average molecular weight is 97.1 g/mol. The van der Waals surface area contributed by atoms with Gasteiger partial charge in [0.15, 0.2) is 0 Å². The molecule has 3 heteroatoms. The van der Waals surface area contributed by atoms with Crippen molar-refractivity contribution in [3.8, 4) is 0 Å². The van der Waals surface area contributed by atoms with Gasteiger partial charge in [0.05, 0.1) is 6.21 Å². The first-order chi connectivity index (χ1) is 3.41. The van der Waals surface area contributed by atoms with E-state index in [4.69, 9.17) is 0 Å². The van der Waals surface area contributed by atoms with Crippen molar-refractivity contribution >= 4 is 19.1 Å². The molecule has 0 aromatic carbocycles. The van der Waals surface area contributed by atoms with E-state index < -0.39 is 0 Å². The Balaban J connectivity index is 3.27. The maximum atomic E-state index is 3.61. The highest BCUT2D eigenvalue weighted by atomic mass is 15.2. The van der Waals surface area contributed by atoms with Crippen LogP contribution in [0.1, 0.15) is 0 Å². The van der Waals surface area contributed by atoms with E-state index in [-0.39, 0.29) is 0 Å². The molecule has 0 rings (SSSR count). The van der Waals surface area contributed by atoms with E-state index in [1.165, 1.54) is 12.4 Å². The lowest BCUT2D eigenvalue weighted by molar-refractivity contribution is 1.29. The van der Waals surface area contributed by atoms with Gasteiger partial charge in [0.1, 0.15) is 0 Å². The number of aliphatic imine (C=N–C) groups is 1. The lowest BCUT2D eigenvalue weighted by atomic mass is 10.8. The van der Waals surface area contributed by atoms with Crippen LogP contribution in [0, 0.1) is 0 Å². The Morgan fingerprint density at radius 2 is 2.14 bits per heavy atom. The molecular formula is C4H7N3. The Bertz CT molecular complexity index is 93.1. The minimum atomic E-state index is 1.47. The Morgan fingerprint density at radius 3 is 2.57 bits per heavy atom. The number of hydrogen-bond acceptors (Lipinski definition) is 3. The molecule has 0 radical (unpaired) electrons. The molecule has 0 N–H and O–H groups in total. The topological polar surface area (TPSA) is 37.1 Å². The molecule has 0 atom stereocenters. The summed E-state index contributed by atoms with van der Waals surface area (Å²) in [6, 6.07) is 0. The van der Waals surface area contributed by atoms with Gasteiger partial charge in [-0.1, -0.05) is 0 Å². The molecular weight excluding hydrogens is 90.1 g/mol. The Morgan fingerprint density at radius 1 is 1.43 bits per heavy atom. The van der Waals surface area contributed by atoms with Gasteiger partial charge in [-0.05, 0) is 0 Å². The van der Waals surface area contributed by atoms with Gasteiger partial charge >= 0.3 is 0 Å². The van der Waals surface area contributed by atoms with Crippen molar-refractivity contribution in [1.82, 2.24) is 0 Å². The van der Waals surface area contributed by atoms with Crippen LogP contribution >= 0.6 is 0 Å². The van der Waals surface area contributed by atoms with E-state index in [1.54, 1.807) is 7.05 Å². The van der Waals surface area contributed by atoms with Gasteiger partial charge in [0.2, 0.25) is 0 Å². The molecule has 0 aliphatic carbocycles. The van der Waals surface area contributed by atoms with Crippen LogP contribution in [0.3, 0.4) is 0 Å². The van der Waals surface area contributed by atoms with Crippen molar-refractivity contribution < 1.29 is 0 Å². The highest BCUT2D eigenvalue weighted by Crippen LogP contribution is 1.57. The third-order valence-corrected chi connectivity index (χ3v) is 0.364. The van der Waals surface area contributed by atoms with Gasteiger partial charge < -0.3 is 0 Å². The van der Waals surface area contributed by atoms with Crippen LogP contribution in [0.4, 0.5) is 0 Å². The Hall–Kier alpha value is -0.990. The number of rotatable bonds is 2. The fourth-order valence-corrected chi connectivity index (χ4v) is 0.144. The SMILES string of the molecule is C=N/N=C/C=NC. The summed E-state index contributed by atoms with van der Waals surface area (Å²) in [6.07, 6.45) is 3.00. The Labute approximate surface area is 42.5 Å². The summed E-state index contributed by atoms with van der Waals surface area (Å²) < 4.78 is 0. The molecule has 0 aliphatic heterocycles. The first kappa shape index (κ1) is 6.01. The molecule has 0 fully saturated rings. The quantitative estimate of drug-likeness (QED) is 0.353. The minimum Gasteiger partial charge on any atom is -0.295 e. The summed E-state index contributed by atoms with van der Waals surface area (Å²) >= 11 is 0. The van der Waals surface area contributed by atoms with E-state index in [0.29, 0.717) is 0 Å². The van der Waals surface area contributed by atoms with Crippen LogP contribution in [-0.4, -0.2) is 26.2 Å². The van der Waals surface area contributed by atoms with Gasteiger partial charge in [-0.25, -0.2) is 0 Å². The van der Waals surface area contributed by atoms with Crippen molar-refractivity contribution in [1.29, 1.82) is 0 Å². The largest absolute Gasteiger partial charge is 0.295 e. The molecule has 7 heavy (non-hydrogen) atoms. The van der Waals surface area contributed by atoms with Crippen molar-refractivity contribution in [2.75, 3.05) is 7.05 Å². The maximum absolute atomic E-state index is 3.61. The maximum Gasteiger partial charge on any atom is 0.0673 e. The predicted octanol–water partition coefficient (Wildman–Crippen LogP) is 0.373. The van der Waals surface area contributed by atoms with Crippen molar-refractivity contribution in [2.24, 2.45) is 15.2 Å². The normalized spacial score (nSPS) is 11.0. The number of hydrogen-bond donors (Lipinski definition) is 0. The van der Waals surface area contributed by atoms with Gasteiger partial charge in [0.25, 0.3) is 0 Å². The van der Waals surface area contributed by atoms with E-state index in [2.05, 4.69) is 21.9 Å². The van der Waals surface area contributed by atoms with E-state index in [0.717, 1.165) is 0 Å². The van der Waals surface area contributed by atoms with Gasteiger partial charge in [0, 0.05) is 20.0 Å². The smallest absolute Gasteiger partial charge is 0.0673 e. The van der Waals surface area contributed by atoms with Crippen LogP contribution in [0.5, 0.6) is 0 Å². The number of nitrogens with zero attached hydrogens (tertiary/aromatic N) is 3. The molecule has 0 aromatic rings. The van der Waals surface area contributed by atoms with Crippen LogP contribution in [0.15, 0.2) is 15.2 Å². The first-order valence-corrected chi connectivity index (χ1v) is 1.81. The third kappa shape index (κ3) is 5.01. The fraction of sp³-hybridized carbons (Fsp3) is 0.250. The standard InChI is InChI=1S/C4H7N3/c1-5-3-4-7-6-2/h3-4H,2H2,1H3/b5-3?,7-4+. The first-order valence-electron chi connectivity index (χ1n) is 1.81. The van der Waals surface area contributed by atoms with Crippen LogP contribution < -0.4 is 0 Å². The lowest BCUT2D eigenvalue weighted by Crippen LogP contribution is -1.69. The molecule has 0 amide bonds. The molecule has 0 bridgehead atoms. The molecule has 0 aromatic heterocycles. The van der Waals surface area contributed by atoms with Crippen LogP contribution in [-0.2, 0) is 0 Å². The molecule has 0 unspecified atom stereocenters. The highest BCUT2D eigenvalue weighted by molar-refractivity contribution is 6.15. The molecule has 3 nitrogen and oxygen atoms in total. The van der Waals surface area contributed by atoms with E-state index in [9.17, 15) is 0 Å². The van der Waals surface area contributed by atoms with Crippen LogP contribution in [0.25, 0.3) is 0 Å². The summed E-state index contributed by atoms with van der Waals surface area (Å²) in [5.74, 6) is 0.